The van der Waals surface area contributed by atoms with Crippen LogP contribution in [0.1, 0.15) is 13.3 Å². The number of hydrogen-bond donors (Lipinski definition) is 0. The van der Waals surface area contributed by atoms with Crippen molar-refractivity contribution >= 4 is 0 Å². The molecule has 0 heteroatoms. The lowest BCUT2D eigenvalue weighted by atomic mass is 10.0. The molecule has 8 heavy (non-hydrogen) atoms. The van der Waals surface area contributed by atoms with E-state index in [1.165, 1.54) is 5.57 Å². The molecule has 0 aliphatic heterocycles. The van der Waals surface area contributed by atoms with Gasteiger partial charge in [-0.3, -0.25) is 0 Å². The normalized spacial score (nSPS) is 18.5. The first-order valence-corrected chi connectivity index (χ1v) is 2.77. The van der Waals surface area contributed by atoms with Crippen LogP contribution >= 0.6 is 0 Å². The lowest BCUT2D eigenvalue weighted by molar-refractivity contribution is 1.26. The molecule has 0 saturated heterocycles. The SMILES string of the molecule is [CH+]=C1C=CCC=C1C. The maximum Gasteiger partial charge on any atom is 0.182 e. The third-order valence-electron chi connectivity index (χ3n) is 1.31. The zero-order chi connectivity index (χ0) is 5.98. The highest BCUT2D eigenvalue weighted by molar-refractivity contribution is 5.37. The molecule has 1 aliphatic carbocycles. The minimum atomic E-state index is 0.899. The largest absolute Gasteiger partial charge is 0.182 e. The first-order valence-electron chi connectivity index (χ1n) is 2.77. The number of hydrogen-bond acceptors (Lipinski definition) is 0. The van der Waals surface area contributed by atoms with Gasteiger partial charge < -0.3 is 0 Å². The van der Waals surface area contributed by atoms with Crippen LogP contribution in [0, 0.1) is 6.58 Å². The van der Waals surface area contributed by atoms with Crippen LogP contribution in [0.15, 0.2) is 29.4 Å². The average molecular weight is 105 g/mol. The van der Waals surface area contributed by atoms with E-state index >= 15 is 0 Å². The molecular formula is C8H9+. The van der Waals surface area contributed by atoms with Crippen LogP contribution in [0.25, 0.3) is 0 Å². The molecule has 0 atom stereocenters. The predicted octanol–water partition coefficient (Wildman–Crippen LogP) is 2.25. The van der Waals surface area contributed by atoms with Crippen LogP contribution in [0.2, 0.25) is 0 Å². The third-order valence-corrected chi connectivity index (χ3v) is 1.31. The highest BCUT2D eigenvalue weighted by atomic mass is 14.0. The van der Waals surface area contributed by atoms with Crippen molar-refractivity contribution in [3.63, 3.8) is 0 Å². The lowest BCUT2D eigenvalue weighted by Gasteiger charge is -1.92. The van der Waals surface area contributed by atoms with Gasteiger partial charge in [0.05, 0.1) is 11.6 Å². The van der Waals surface area contributed by atoms with E-state index in [4.69, 9.17) is 6.58 Å². The number of allylic oxidation sites excluding steroid dienone is 5. The molecule has 0 aromatic rings. The maximum atomic E-state index is 5.54. The van der Waals surface area contributed by atoms with Gasteiger partial charge in [-0.05, 0) is 12.2 Å². The summed E-state index contributed by atoms with van der Waals surface area (Å²) in [5.74, 6) is 0. The zero-order valence-corrected chi connectivity index (χ0v) is 5.02. The fourth-order valence-corrected chi connectivity index (χ4v) is 0.689. The van der Waals surface area contributed by atoms with Gasteiger partial charge in [0, 0.05) is 19.9 Å². The van der Waals surface area contributed by atoms with E-state index in [2.05, 4.69) is 12.2 Å². The summed E-state index contributed by atoms with van der Waals surface area (Å²) in [7, 11) is 0. The smallest absolute Gasteiger partial charge is 0.0216 e. The highest BCUT2D eigenvalue weighted by Gasteiger charge is 2.05. The molecule has 1 rings (SSSR count). The van der Waals surface area contributed by atoms with Gasteiger partial charge in [0.25, 0.3) is 0 Å². The van der Waals surface area contributed by atoms with Crippen molar-refractivity contribution in [2.75, 3.05) is 0 Å². The second-order valence-electron chi connectivity index (χ2n) is 1.98. The Morgan fingerprint density at radius 3 is 2.75 bits per heavy atom. The van der Waals surface area contributed by atoms with E-state index in [0.717, 1.165) is 12.0 Å². The van der Waals surface area contributed by atoms with Gasteiger partial charge in [-0.2, -0.15) is 0 Å². The first-order chi connectivity index (χ1) is 3.80. The summed E-state index contributed by atoms with van der Waals surface area (Å²) < 4.78 is 0. The van der Waals surface area contributed by atoms with Gasteiger partial charge in [0.15, 0.2) is 5.57 Å². The maximum absolute atomic E-state index is 5.54. The molecule has 1 aliphatic rings. The Morgan fingerprint density at radius 1 is 1.62 bits per heavy atom. The molecule has 0 unspecified atom stereocenters. The van der Waals surface area contributed by atoms with Crippen molar-refractivity contribution in [3.05, 3.63) is 36.0 Å². The van der Waals surface area contributed by atoms with E-state index < -0.39 is 0 Å². The molecule has 0 nitrogen and oxygen atoms in total. The fourth-order valence-electron chi connectivity index (χ4n) is 0.689. The summed E-state index contributed by atoms with van der Waals surface area (Å²) in [6, 6.07) is 0. The van der Waals surface area contributed by atoms with Crippen molar-refractivity contribution in [1.82, 2.24) is 0 Å². The quantitative estimate of drug-likeness (QED) is 0.414. The lowest BCUT2D eigenvalue weighted by Crippen LogP contribution is -1.82. The molecule has 40 valence electrons. The van der Waals surface area contributed by atoms with E-state index in [1.54, 1.807) is 0 Å². The van der Waals surface area contributed by atoms with E-state index in [9.17, 15) is 0 Å². The summed E-state index contributed by atoms with van der Waals surface area (Å²) in [6.07, 6.45) is 7.17. The van der Waals surface area contributed by atoms with E-state index in [0.29, 0.717) is 0 Å². The van der Waals surface area contributed by atoms with Crippen molar-refractivity contribution in [2.24, 2.45) is 0 Å². The Bertz CT molecular complexity index is 159. The summed E-state index contributed by atoms with van der Waals surface area (Å²) in [4.78, 5) is 0. The van der Waals surface area contributed by atoms with Crippen LogP contribution in [0.4, 0.5) is 0 Å². The van der Waals surface area contributed by atoms with Gasteiger partial charge in [-0.25, -0.2) is 0 Å². The Kier molecular flexibility index (Phi) is 1.27. The van der Waals surface area contributed by atoms with Crippen LogP contribution < -0.4 is 0 Å². The zero-order valence-electron chi connectivity index (χ0n) is 5.02. The Balaban J connectivity index is 2.78. The molecule has 0 heterocycles. The molecule has 0 aromatic heterocycles. The molecule has 0 amide bonds. The second kappa shape index (κ2) is 1.94. The molecule has 0 saturated carbocycles. The minimum Gasteiger partial charge on any atom is -0.0216 e. The fraction of sp³-hybridized carbons (Fsp3) is 0.250. The molecule has 0 radical (unpaired) electrons. The topological polar surface area (TPSA) is 0 Å². The van der Waals surface area contributed by atoms with Gasteiger partial charge in [-0.15, -0.1) is 0 Å². The molecule has 0 fully saturated rings. The summed E-state index contributed by atoms with van der Waals surface area (Å²) in [5.41, 5.74) is 2.10. The second-order valence-corrected chi connectivity index (χ2v) is 1.98. The predicted molar refractivity (Wildman–Crippen MR) is 35.3 cm³/mol. The molecule has 0 bridgehead atoms. The van der Waals surface area contributed by atoms with Gasteiger partial charge in [0.2, 0.25) is 0 Å². The Hall–Kier alpha value is -0.870. The van der Waals surface area contributed by atoms with Gasteiger partial charge in [-0.1, -0.05) is 0 Å². The monoisotopic (exact) mass is 105 g/mol. The molecule has 0 aromatic carbocycles. The van der Waals surface area contributed by atoms with Crippen molar-refractivity contribution in [2.45, 2.75) is 13.3 Å². The highest BCUT2D eigenvalue weighted by Crippen LogP contribution is 2.13. The molecule has 0 spiro atoms. The average Bonchev–Trinajstić information content (AvgIpc) is 1.77. The van der Waals surface area contributed by atoms with Crippen LogP contribution in [0.3, 0.4) is 0 Å². The number of rotatable bonds is 0. The van der Waals surface area contributed by atoms with E-state index in [1.807, 2.05) is 13.0 Å². The van der Waals surface area contributed by atoms with E-state index in [-0.39, 0.29) is 0 Å². The standard InChI is InChI=1S/C8H9/c1-7-5-3-4-6-8(7)2/h1,3,5-6H,4H2,2H3/q+1. The summed E-state index contributed by atoms with van der Waals surface area (Å²) >= 11 is 0. The Morgan fingerprint density at radius 2 is 2.38 bits per heavy atom. The van der Waals surface area contributed by atoms with Crippen LogP contribution in [-0.4, -0.2) is 0 Å². The first kappa shape index (κ1) is 5.27. The van der Waals surface area contributed by atoms with Crippen molar-refractivity contribution in [3.8, 4) is 0 Å². The van der Waals surface area contributed by atoms with Crippen molar-refractivity contribution in [1.29, 1.82) is 0 Å². The third kappa shape index (κ3) is 0.853. The van der Waals surface area contributed by atoms with Crippen molar-refractivity contribution < 1.29 is 0 Å². The van der Waals surface area contributed by atoms with Gasteiger partial charge in [0.1, 0.15) is 0 Å². The van der Waals surface area contributed by atoms with Crippen LogP contribution in [-0.2, 0) is 0 Å². The molecule has 0 N–H and O–H groups in total. The summed E-state index contributed by atoms with van der Waals surface area (Å²) in [5, 5.41) is 0. The Labute approximate surface area is 50.2 Å². The van der Waals surface area contributed by atoms with Gasteiger partial charge >= 0.3 is 0 Å². The molecular weight excluding hydrogens is 96.1 g/mol. The minimum absolute atomic E-state index is 0.899. The summed E-state index contributed by atoms with van der Waals surface area (Å²) in [6.45, 7) is 7.57. The van der Waals surface area contributed by atoms with Crippen LogP contribution in [0.5, 0.6) is 0 Å².